The van der Waals surface area contributed by atoms with Gasteiger partial charge in [0.15, 0.2) is 20.6 Å². The van der Waals surface area contributed by atoms with Crippen molar-refractivity contribution < 1.29 is 37.3 Å². The van der Waals surface area contributed by atoms with Crippen molar-refractivity contribution in [3.05, 3.63) is 86.2 Å². The van der Waals surface area contributed by atoms with Gasteiger partial charge in [0.25, 0.3) is 0 Å². The lowest BCUT2D eigenvalue weighted by Crippen LogP contribution is -2.45. The van der Waals surface area contributed by atoms with Gasteiger partial charge in [-0.1, -0.05) is 41.5 Å². The van der Waals surface area contributed by atoms with E-state index >= 15 is 0 Å². The van der Waals surface area contributed by atoms with Gasteiger partial charge in [-0.15, -0.1) is 22.7 Å². The number of nitrogens with one attached hydrogen (secondary N) is 1. The summed E-state index contributed by atoms with van der Waals surface area (Å²) in [5, 5.41) is 8.11. The fourth-order valence-corrected chi connectivity index (χ4v) is 9.13. The molecule has 12 nitrogen and oxygen atoms in total. The lowest BCUT2D eigenvalue weighted by Gasteiger charge is -2.37. The first kappa shape index (κ1) is 47.1. The number of carbonyl (C=O) groups is 2. The maximum atomic E-state index is 13.4. The van der Waals surface area contributed by atoms with Crippen molar-refractivity contribution in [2.24, 2.45) is 10.8 Å². The minimum absolute atomic E-state index is 0.0286. The number of ether oxygens (including phenoxy) is 4. The molecule has 6 heterocycles. The van der Waals surface area contributed by atoms with Crippen LogP contribution in [0.3, 0.4) is 0 Å². The van der Waals surface area contributed by atoms with Crippen LogP contribution in [0.1, 0.15) is 78.6 Å². The van der Waals surface area contributed by atoms with E-state index in [1.165, 1.54) is 35.6 Å². The fourth-order valence-electron chi connectivity index (χ4n) is 7.22. The number of benzene rings is 2. The first-order chi connectivity index (χ1) is 28.9. The summed E-state index contributed by atoms with van der Waals surface area (Å²) in [5.41, 5.74) is 1.87. The number of rotatable bonds is 7. The largest absolute Gasteiger partial charge is 0.348 e. The molecule has 4 aliphatic rings. The van der Waals surface area contributed by atoms with E-state index in [1.54, 1.807) is 45.4 Å². The van der Waals surface area contributed by atoms with Gasteiger partial charge in [0, 0.05) is 84.8 Å². The number of anilines is 3. The molecule has 0 aliphatic carbocycles. The average Bonchev–Trinajstić information content (AvgIpc) is 4.07. The van der Waals surface area contributed by atoms with Gasteiger partial charge in [0.05, 0.1) is 50.9 Å². The molecule has 2 spiro atoms. The molecule has 1 N–H and O–H groups in total. The van der Waals surface area contributed by atoms with Gasteiger partial charge >= 0.3 is 0 Å². The summed E-state index contributed by atoms with van der Waals surface area (Å²) in [6.45, 7) is 18.6. The molecule has 2 amide bonds. The van der Waals surface area contributed by atoms with Crippen molar-refractivity contribution in [1.29, 1.82) is 0 Å². The minimum Gasteiger partial charge on any atom is -0.348 e. The third-order valence-electron chi connectivity index (χ3n) is 10.5. The Morgan fingerprint density at radius 1 is 0.689 bits per heavy atom. The van der Waals surface area contributed by atoms with Crippen LogP contribution >= 0.6 is 38.6 Å². The fraction of sp³-hybridized carbons (Fsp3) is 0.545. The van der Waals surface area contributed by atoms with E-state index < -0.39 is 16.6 Å². The second-order valence-corrected chi connectivity index (χ2v) is 20.4. The number of hydrogen-bond donors (Lipinski definition) is 1. The van der Waals surface area contributed by atoms with E-state index in [-0.39, 0.29) is 29.2 Å². The van der Waals surface area contributed by atoms with E-state index in [0.29, 0.717) is 37.7 Å². The standard InChI is InChI=1S/C22H28FN3O3S.C15H16BrFN2OS.C7H13NO2/c1-21(2,3)19(27)26(18-6-4-16(23)5-7-18)14-17-15-30-20(24-17)25-10-8-22(9-11-25)28-12-13-29-22;1-15(2,3)13(20)19(8-11-9-21-14(16)18-11)12-6-4-10(17)5-7-12;1-3-8-4-2-7(1)9-5-6-10-7/h4-7,15H,8-14H2,1-3H3;4-7,9H,8H2,1-3H3;8H,1-6H2. The summed E-state index contributed by atoms with van der Waals surface area (Å²) in [6, 6.07) is 12.0. The minimum atomic E-state index is -0.560. The van der Waals surface area contributed by atoms with E-state index in [9.17, 15) is 18.4 Å². The van der Waals surface area contributed by atoms with Crippen molar-refractivity contribution in [2.75, 3.05) is 67.3 Å². The van der Waals surface area contributed by atoms with Crippen molar-refractivity contribution in [2.45, 2.75) is 91.9 Å². The number of thiazole rings is 2. The Balaban J connectivity index is 0.000000173. The Morgan fingerprint density at radius 2 is 1.10 bits per heavy atom. The van der Waals surface area contributed by atoms with Crippen LogP contribution in [-0.4, -0.2) is 86.0 Å². The SMILES string of the molecule is C1CC2(CCN1)OCCO2.CC(C)(C)C(=O)N(Cc1csc(Br)n1)c1ccc(F)cc1.CC(C)(C)C(=O)N(Cc1csc(N2CCC3(CC2)OCCO3)n1)c1ccc(F)cc1. The number of carbonyl (C=O) groups excluding carboxylic acids is 2. The van der Waals surface area contributed by atoms with Crippen LogP contribution in [-0.2, 0) is 41.6 Å². The highest BCUT2D eigenvalue weighted by Crippen LogP contribution is 2.35. The summed E-state index contributed by atoms with van der Waals surface area (Å²) in [7, 11) is 0. The molecule has 0 unspecified atom stereocenters. The number of piperidine rings is 2. The smallest absolute Gasteiger partial charge is 0.232 e. The number of amides is 2. The third-order valence-corrected chi connectivity index (χ3v) is 12.9. The summed E-state index contributed by atoms with van der Waals surface area (Å²) < 4.78 is 49.9. The van der Waals surface area contributed by atoms with Crippen molar-refractivity contribution in [3.8, 4) is 0 Å². The number of hydrogen-bond acceptors (Lipinski definition) is 12. The average molecular weight is 948 g/mol. The van der Waals surface area contributed by atoms with Crippen LogP contribution in [0.15, 0.2) is 63.2 Å². The lowest BCUT2D eigenvalue weighted by atomic mass is 9.94. The van der Waals surface area contributed by atoms with Gasteiger partial charge in [-0.3, -0.25) is 9.59 Å². The second-order valence-electron chi connectivity index (χ2n) is 17.4. The van der Waals surface area contributed by atoms with Gasteiger partial charge in [0.1, 0.15) is 11.6 Å². The highest BCUT2D eigenvalue weighted by molar-refractivity contribution is 9.11. The molecule has 4 aromatic rings. The number of nitrogens with zero attached hydrogens (tertiary/aromatic N) is 5. The zero-order valence-corrected chi connectivity index (χ0v) is 39.0. The molecule has 61 heavy (non-hydrogen) atoms. The molecule has 4 fully saturated rings. The zero-order chi connectivity index (χ0) is 43.8. The van der Waals surface area contributed by atoms with Crippen LogP contribution in [0.4, 0.5) is 25.3 Å². The van der Waals surface area contributed by atoms with Gasteiger partial charge in [-0.25, -0.2) is 18.7 Å². The van der Waals surface area contributed by atoms with Crippen molar-refractivity contribution >= 4 is 66.9 Å². The summed E-state index contributed by atoms with van der Waals surface area (Å²) in [6.07, 6.45) is 3.66. The van der Waals surface area contributed by atoms with E-state index in [1.807, 2.05) is 52.3 Å². The number of halogens is 3. The van der Waals surface area contributed by atoms with Crippen LogP contribution in [0.5, 0.6) is 0 Å². The molecule has 17 heteroatoms. The molecule has 8 rings (SSSR count). The predicted octanol–water partition coefficient (Wildman–Crippen LogP) is 8.94. The lowest BCUT2D eigenvalue weighted by molar-refractivity contribution is -0.172. The van der Waals surface area contributed by atoms with E-state index in [4.69, 9.17) is 23.9 Å². The monoisotopic (exact) mass is 946 g/mol. The Labute approximate surface area is 374 Å². The zero-order valence-electron chi connectivity index (χ0n) is 35.8. The van der Waals surface area contributed by atoms with Crippen LogP contribution in [0.2, 0.25) is 0 Å². The molecule has 0 saturated carbocycles. The molecule has 0 radical (unpaired) electrons. The molecule has 4 aliphatic heterocycles. The maximum Gasteiger partial charge on any atom is 0.232 e. The maximum absolute atomic E-state index is 13.4. The third kappa shape index (κ3) is 12.8. The quantitative estimate of drug-likeness (QED) is 0.193. The first-order valence-electron chi connectivity index (χ1n) is 20.7. The number of aromatic nitrogens is 2. The van der Waals surface area contributed by atoms with E-state index in [2.05, 4.69) is 31.1 Å². The topological polar surface area (TPSA) is 119 Å². The van der Waals surface area contributed by atoms with Gasteiger partial charge in [-0.2, -0.15) is 0 Å². The normalized spacial score (nSPS) is 18.3. The predicted molar refractivity (Wildman–Crippen MR) is 239 cm³/mol. The summed E-state index contributed by atoms with van der Waals surface area (Å²) >= 11 is 6.37. The van der Waals surface area contributed by atoms with Crippen LogP contribution in [0, 0.1) is 22.5 Å². The molecule has 2 aromatic heterocycles. The van der Waals surface area contributed by atoms with Crippen LogP contribution < -0.4 is 20.0 Å². The van der Waals surface area contributed by atoms with Crippen molar-refractivity contribution in [1.82, 2.24) is 15.3 Å². The van der Waals surface area contributed by atoms with Gasteiger partial charge in [-0.05, 0) is 64.5 Å². The Kier molecular flexibility index (Phi) is 15.7. The summed E-state index contributed by atoms with van der Waals surface area (Å²) in [5.74, 6) is -1.30. The Hall–Kier alpha value is -3.42. The molecular weight excluding hydrogens is 891 g/mol. The Morgan fingerprint density at radius 3 is 1.51 bits per heavy atom. The van der Waals surface area contributed by atoms with Crippen molar-refractivity contribution in [3.63, 3.8) is 0 Å². The highest BCUT2D eigenvalue weighted by Gasteiger charge is 2.41. The van der Waals surface area contributed by atoms with Gasteiger partial charge < -0.3 is 39.0 Å². The first-order valence-corrected chi connectivity index (χ1v) is 23.2. The molecule has 4 saturated heterocycles. The molecule has 0 bridgehead atoms. The highest BCUT2D eigenvalue weighted by atomic mass is 79.9. The summed E-state index contributed by atoms with van der Waals surface area (Å²) in [4.78, 5) is 40.4. The second kappa shape index (κ2) is 20.4. The van der Waals surface area contributed by atoms with Crippen LogP contribution in [0.25, 0.3) is 0 Å². The molecule has 332 valence electrons. The van der Waals surface area contributed by atoms with Gasteiger partial charge in [0.2, 0.25) is 11.8 Å². The molecule has 0 atom stereocenters. The van der Waals surface area contributed by atoms with E-state index in [0.717, 1.165) is 85.5 Å². The molecular formula is C44H57BrF2N6O6S2. The molecule has 2 aromatic carbocycles. The Bertz CT molecular complexity index is 2030.